The fraction of sp³-hybridized carbons (Fsp3) is 0.750. The molecule has 0 spiro atoms. The standard InChI is InChI=1S/C12H23N3/c1-5-10(3)15-7-6-12(14-15)8-9(2)11(4)13/h6-7,9-11H,5,8,13H2,1-4H3. The summed E-state index contributed by atoms with van der Waals surface area (Å²) in [4.78, 5) is 0. The summed E-state index contributed by atoms with van der Waals surface area (Å²) in [6.45, 7) is 8.59. The third-order valence-corrected chi connectivity index (χ3v) is 3.13. The van der Waals surface area contributed by atoms with Crippen molar-refractivity contribution < 1.29 is 0 Å². The molecule has 1 aromatic rings. The number of aromatic nitrogens is 2. The van der Waals surface area contributed by atoms with E-state index in [4.69, 9.17) is 5.73 Å². The van der Waals surface area contributed by atoms with Gasteiger partial charge < -0.3 is 5.73 Å². The van der Waals surface area contributed by atoms with Crippen LogP contribution in [0.25, 0.3) is 0 Å². The third kappa shape index (κ3) is 3.34. The first-order chi connectivity index (χ1) is 7.04. The number of rotatable bonds is 5. The normalized spacial score (nSPS) is 17.4. The van der Waals surface area contributed by atoms with Crippen LogP contribution in [0.2, 0.25) is 0 Å². The zero-order valence-electron chi connectivity index (χ0n) is 10.3. The van der Waals surface area contributed by atoms with Crippen LogP contribution >= 0.6 is 0 Å². The van der Waals surface area contributed by atoms with E-state index in [1.54, 1.807) is 0 Å². The molecule has 0 bridgehead atoms. The molecule has 3 unspecified atom stereocenters. The van der Waals surface area contributed by atoms with Crippen LogP contribution in [0.1, 0.15) is 45.9 Å². The maximum atomic E-state index is 5.84. The molecular weight excluding hydrogens is 186 g/mol. The van der Waals surface area contributed by atoms with E-state index in [0.717, 1.165) is 18.5 Å². The molecule has 1 rings (SSSR count). The monoisotopic (exact) mass is 209 g/mol. The summed E-state index contributed by atoms with van der Waals surface area (Å²) in [7, 11) is 0. The van der Waals surface area contributed by atoms with Gasteiger partial charge in [-0.25, -0.2) is 0 Å². The minimum absolute atomic E-state index is 0.235. The summed E-state index contributed by atoms with van der Waals surface area (Å²) in [5, 5.41) is 4.56. The molecule has 3 nitrogen and oxygen atoms in total. The quantitative estimate of drug-likeness (QED) is 0.809. The van der Waals surface area contributed by atoms with Crippen LogP contribution in [0.5, 0.6) is 0 Å². The Hall–Kier alpha value is -0.830. The van der Waals surface area contributed by atoms with Crippen LogP contribution in [-0.4, -0.2) is 15.8 Å². The van der Waals surface area contributed by atoms with Crippen molar-refractivity contribution in [3.05, 3.63) is 18.0 Å². The minimum atomic E-state index is 0.235. The van der Waals surface area contributed by atoms with E-state index in [2.05, 4.69) is 45.1 Å². The van der Waals surface area contributed by atoms with Crippen LogP contribution < -0.4 is 5.73 Å². The fourth-order valence-corrected chi connectivity index (χ4v) is 1.43. The van der Waals surface area contributed by atoms with E-state index in [1.807, 2.05) is 4.68 Å². The summed E-state index contributed by atoms with van der Waals surface area (Å²) in [5.74, 6) is 0.491. The average molecular weight is 209 g/mol. The first-order valence-electron chi connectivity index (χ1n) is 5.84. The molecule has 86 valence electrons. The molecule has 3 heteroatoms. The summed E-state index contributed by atoms with van der Waals surface area (Å²) in [6, 6.07) is 2.83. The third-order valence-electron chi connectivity index (χ3n) is 3.13. The zero-order valence-corrected chi connectivity index (χ0v) is 10.3. The summed E-state index contributed by atoms with van der Waals surface area (Å²) in [5.41, 5.74) is 6.99. The van der Waals surface area contributed by atoms with Gasteiger partial charge in [0.25, 0.3) is 0 Å². The van der Waals surface area contributed by atoms with Crippen molar-refractivity contribution >= 4 is 0 Å². The van der Waals surface area contributed by atoms with E-state index >= 15 is 0 Å². The number of hydrogen-bond acceptors (Lipinski definition) is 2. The summed E-state index contributed by atoms with van der Waals surface area (Å²) >= 11 is 0. The van der Waals surface area contributed by atoms with Gasteiger partial charge in [-0.05, 0) is 38.7 Å². The molecule has 0 fully saturated rings. The molecule has 1 heterocycles. The first kappa shape index (κ1) is 12.2. The Balaban J connectivity index is 2.60. The van der Waals surface area contributed by atoms with Gasteiger partial charge in [-0.15, -0.1) is 0 Å². The van der Waals surface area contributed by atoms with Crippen molar-refractivity contribution in [1.29, 1.82) is 0 Å². The van der Waals surface area contributed by atoms with Gasteiger partial charge in [0.2, 0.25) is 0 Å². The van der Waals surface area contributed by atoms with Crippen LogP contribution in [0.15, 0.2) is 12.3 Å². The lowest BCUT2D eigenvalue weighted by molar-refractivity contribution is 0.451. The van der Waals surface area contributed by atoms with Gasteiger partial charge in [0.05, 0.1) is 5.69 Å². The summed E-state index contributed by atoms with van der Waals surface area (Å²) in [6.07, 6.45) is 4.16. The van der Waals surface area contributed by atoms with Crippen molar-refractivity contribution in [2.24, 2.45) is 11.7 Å². The van der Waals surface area contributed by atoms with Gasteiger partial charge in [0, 0.05) is 18.3 Å². The molecule has 15 heavy (non-hydrogen) atoms. The average Bonchev–Trinajstić information content (AvgIpc) is 2.65. The van der Waals surface area contributed by atoms with E-state index in [9.17, 15) is 0 Å². The SMILES string of the molecule is CCC(C)n1ccc(CC(C)C(C)N)n1. The maximum absolute atomic E-state index is 5.84. The topological polar surface area (TPSA) is 43.8 Å². The maximum Gasteiger partial charge on any atom is 0.0627 e. The highest BCUT2D eigenvalue weighted by atomic mass is 15.3. The van der Waals surface area contributed by atoms with Crippen LogP contribution in [0, 0.1) is 5.92 Å². The van der Waals surface area contributed by atoms with Crippen molar-refractivity contribution in [1.82, 2.24) is 9.78 Å². The molecule has 3 atom stereocenters. The van der Waals surface area contributed by atoms with Crippen molar-refractivity contribution in [2.75, 3.05) is 0 Å². The molecule has 0 saturated heterocycles. The van der Waals surface area contributed by atoms with Crippen LogP contribution in [0.3, 0.4) is 0 Å². The smallest absolute Gasteiger partial charge is 0.0627 e. The molecule has 0 aromatic carbocycles. The highest BCUT2D eigenvalue weighted by Gasteiger charge is 2.11. The zero-order chi connectivity index (χ0) is 11.4. The van der Waals surface area contributed by atoms with E-state index in [0.29, 0.717) is 12.0 Å². The fourth-order valence-electron chi connectivity index (χ4n) is 1.43. The second-order valence-corrected chi connectivity index (χ2v) is 4.58. The van der Waals surface area contributed by atoms with Gasteiger partial charge in [-0.3, -0.25) is 4.68 Å². The summed E-state index contributed by atoms with van der Waals surface area (Å²) < 4.78 is 2.04. The predicted molar refractivity (Wildman–Crippen MR) is 63.7 cm³/mol. The molecule has 1 aromatic heterocycles. The molecule has 0 aliphatic carbocycles. The molecule has 0 saturated carbocycles. The molecule has 0 radical (unpaired) electrons. The van der Waals surface area contributed by atoms with Gasteiger partial charge in [-0.2, -0.15) is 5.10 Å². The van der Waals surface area contributed by atoms with Crippen LogP contribution in [-0.2, 0) is 6.42 Å². The minimum Gasteiger partial charge on any atom is -0.328 e. The highest BCUT2D eigenvalue weighted by Crippen LogP contribution is 2.13. The van der Waals surface area contributed by atoms with E-state index in [-0.39, 0.29) is 6.04 Å². The molecule has 0 aliphatic heterocycles. The second kappa shape index (κ2) is 5.31. The number of nitrogens with two attached hydrogens (primary N) is 1. The Kier molecular flexibility index (Phi) is 4.33. The van der Waals surface area contributed by atoms with Crippen molar-refractivity contribution in [3.8, 4) is 0 Å². The molecule has 0 aliphatic rings. The van der Waals surface area contributed by atoms with Crippen molar-refractivity contribution in [3.63, 3.8) is 0 Å². The lowest BCUT2D eigenvalue weighted by Gasteiger charge is -2.13. The van der Waals surface area contributed by atoms with Gasteiger partial charge in [0.1, 0.15) is 0 Å². The Morgan fingerprint density at radius 1 is 1.40 bits per heavy atom. The second-order valence-electron chi connectivity index (χ2n) is 4.58. The number of hydrogen-bond donors (Lipinski definition) is 1. The van der Waals surface area contributed by atoms with Gasteiger partial charge in [-0.1, -0.05) is 13.8 Å². The largest absolute Gasteiger partial charge is 0.328 e. The predicted octanol–water partition coefficient (Wildman–Crippen LogP) is 2.38. The Morgan fingerprint density at radius 2 is 2.07 bits per heavy atom. The first-order valence-corrected chi connectivity index (χ1v) is 5.84. The lowest BCUT2D eigenvalue weighted by Crippen LogP contribution is -2.25. The van der Waals surface area contributed by atoms with Gasteiger partial charge >= 0.3 is 0 Å². The Labute approximate surface area is 92.7 Å². The van der Waals surface area contributed by atoms with Gasteiger partial charge in [0.15, 0.2) is 0 Å². The molecule has 2 N–H and O–H groups in total. The molecule has 0 amide bonds. The molecular formula is C12H23N3. The Morgan fingerprint density at radius 3 is 2.60 bits per heavy atom. The van der Waals surface area contributed by atoms with Crippen LogP contribution in [0.4, 0.5) is 0 Å². The number of nitrogens with zero attached hydrogens (tertiary/aromatic N) is 2. The Bertz CT molecular complexity index is 291. The van der Waals surface area contributed by atoms with E-state index in [1.165, 1.54) is 0 Å². The highest BCUT2D eigenvalue weighted by molar-refractivity contribution is 5.01. The van der Waals surface area contributed by atoms with E-state index < -0.39 is 0 Å². The van der Waals surface area contributed by atoms with Crippen molar-refractivity contribution in [2.45, 2.75) is 52.6 Å². The lowest BCUT2D eigenvalue weighted by atomic mass is 9.99.